The molecule has 0 aliphatic carbocycles. The van der Waals surface area contributed by atoms with Crippen LogP contribution in [0.5, 0.6) is 0 Å². The van der Waals surface area contributed by atoms with Crippen LogP contribution in [0.15, 0.2) is 47.3 Å². The molecular weight excluding hydrogens is 350 g/mol. The third-order valence-corrected chi connectivity index (χ3v) is 4.92. The van der Waals surface area contributed by atoms with Crippen molar-refractivity contribution in [3.8, 4) is 11.8 Å². The number of aryl methyl sites for hydroxylation is 3. The zero-order chi connectivity index (χ0) is 19.8. The van der Waals surface area contributed by atoms with Gasteiger partial charge in [-0.1, -0.05) is 18.2 Å². The Morgan fingerprint density at radius 3 is 2.64 bits per heavy atom. The molecule has 0 aliphatic rings. The molecule has 0 unspecified atom stereocenters. The first-order valence-electron chi connectivity index (χ1n) is 8.94. The Hall–Kier alpha value is -3.85. The highest BCUT2D eigenvalue weighted by Gasteiger charge is 2.14. The van der Waals surface area contributed by atoms with E-state index in [-0.39, 0.29) is 5.56 Å². The van der Waals surface area contributed by atoms with Crippen LogP contribution in [0, 0.1) is 32.1 Å². The molecule has 0 amide bonds. The minimum absolute atomic E-state index is 0.204. The molecule has 2 aromatic heterocycles. The number of nitriles is 1. The van der Waals surface area contributed by atoms with Crippen LogP contribution < -0.4 is 5.56 Å². The van der Waals surface area contributed by atoms with E-state index in [4.69, 9.17) is 0 Å². The summed E-state index contributed by atoms with van der Waals surface area (Å²) in [6, 6.07) is 15.6. The molecule has 0 aliphatic heterocycles. The molecule has 2 aromatic carbocycles. The summed E-state index contributed by atoms with van der Waals surface area (Å²) in [6.07, 6.45) is 1.59. The first-order chi connectivity index (χ1) is 13.5. The predicted octanol–water partition coefficient (Wildman–Crippen LogP) is 4.03. The summed E-state index contributed by atoms with van der Waals surface area (Å²) in [5.74, 6) is 0.446. The number of nitrogens with zero attached hydrogens (tertiary/aromatic N) is 3. The number of nitrogens with one attached hydrogen (secondary N) is 2. The van der Waals surface area contributed by atoms with E-state index in [1.807, 2.05) is 63.2 Å². The van der Waals surface area contributed by atoms with Gasteiger partial charge in [-0.15, -0.1) is 0 Å². The molecule has 28 heavy (non-hydrogen) atoms. The summed E-state index contributed by atoms with van der Waals surface area (Å²) in [6.45, 7) is 5.86. The number of aromatic amines is 2. The summed E-state index contributed by atoms with van der Waals surface area (Å²) >= 11 is 0. The Labute approximate surface area is 161 Å². The Kier molecular flexibility index (Phi) is 4.21. The van der Waals surface area contributed by atoms with Crippen molar-refractivity contribution in [3.63, 3.8) is 0 Å². The highest BCUT2D eigenvalue weighted by molar-refractivity contribution is 5.90. The Bertz CT molecular complexity index is 1290. The molecule has 0 spiro atoms. The molecule has 2 heterocycles. The minimum Gasteiger partial charge on any atom is -0.337 e. The van der Waals surface area contributed by atoms with Gasteiger partial charge in [-0.05, 0) is 62.2 Å². The predicted molar refractivity (Wildman–Crippen MR) is 110 cm³/mol. The number of fused-ring (bicyclic) bond motifs is 1. The zero-order valence-corrected chi connectivity index (χ0v) is 15.9. The van der Waals surface area contributed by atoms with Crippen LogP contribution in [0.2, 0.25) is 0 Å². The maximum Gasteiger partial charge on any atom is 0.278 e. The second-order valence-corrected chi connectivity index (χ2v) is 6.83. The van der Waals surface area contributed by atoms with Crippen LogP contribution in [0.3, 0.4) is 0 Å². The summed E-state index contributed by atoms with van der Waals surface area (Å²) in [5.41, 5.74) is 5.88. The monoisotopic (exact) mass is 369 g/mol. The maximum atomic E-state index is 13.0. The van der Waals surface area contributed by atoms with Gasteiger partial charge < -0.3 is 4.98 Å². The van der Waals surface area contributed by atoms with Gasteiger partial charge >= 0.3 is 0 Å². The van der Waals surface area contributed by atoms with Gasteiger partial charge in [0.2, 0.25) is 0 Å². The van der Waals surface area contributed by atoms with E-state index in [1.165, 1.54) is 4.68 Å². The third-order valence-electron chi connectivity index (χ3n) is 4.92. The van der Waals surface area contributed by atoms with E-state index < -0.39 is 0 Å². The Morgan fingerprint density at radius 1 is 1.14 bits per heavy atom. The summed E-state index contributed by atoms with van der Waals surface area (Å²) in [7, 11) is 0. The molecule has 0 atom stereocenters. The number of hydrogen-bond acceptors (Lipinski definition) is 3. The number of rotatable bonds is 3. The average molecular weight is 369 g/mol. The summed E-state index contributed by atoms with van der Waals surface area (Å²) in [5, 5.41) is 12.7. The number of hydrogen-bond donors (Lipinski definition) is 2. The molecule has 4 aromatic rings. The zero-order valence-electron chi connectivity index (χ0n) is 15.9. The second kappa shape index (κ2) is 6.71. The van der Waals surface area contributed by atoms with Crippen molar-refractivity contribution in [3.05, 3.63) is 81.0 Å². The average Bonchev–Trinajstić information content (AvgIpc) is 3.23. The molecule has 0 saturated carbocycles. The van der Waals surface area contributed by atoms with Crippen molar-refractivity contribution < 1.29 is 0 Å². The Balaban J connectivity index is 1.82. The van der Waals surface area contributed by atoms with E-state index in [9.17, 15) is 10.1 Å². The van der Waals surface area contributed by atoms with Gasteiger partial charge in [0, 0.05) is 5.69 Å². The molecule has 4 rings (SSSR count). The summed E-state index contributed by atoms with van der Waals surface area (Å²) in [4.78, 5) is 20.6. The standard InChI is InChI=1S/C22H19N5O/c1-13-8-9-17(10-14(13)2)27-22(28)18(15(3)26-27)11-16(12-23)21-24-19-6-4-5-7-20(19)25-21/h4-11,26H,1-3H3,(H,24,25)/b16-11+. The molecular formula is C22H19N5O. The second-order valence-electron chi connectivity index (χ2n) is 6.83. The fourth-order valence-corrected chi connectivity index (χ4v) is 3.15. The number of aromatic nitrogens is 4. The van der Waals surface area contributed by atoms with Crippen molar-refractivity contribution in [2.45, 2.75) is 20.8 Å². The van der Waals surface area contributed by atoms with Crippen LogP contribution in [-0.2, 0) is 0 Å². The fraction of sp³-hybridized carbons (Fsp3) is 0.136. The van der Waals surface area contributed by atoms with Crippen LogP contribution in [-0.4, -0.2) is 19.7 Å². The highest BCUT2D eigenvalue weighted by atomic mass is 16.1. The van der Waals surface area contributed by atoms with Crippen molar-refractivity contribution in [2.24, 2.45) is 0 Å². The van der Waals surface area contributed by atoms with E-state index in [0.29, 0.717) is 22.7 Å². The quantitative estimate of drug-likeness (QED) is 0.534. The van der Waals surface area contributed by atoms with Gasteiger partial charge in [-0.3, -0.25) is 9.89 Å². The first kappa shape index (κ1) is 17.6. The number of allylic oxidation sites excluding steroid dienone is 1. The van der Waals surface area contributed by atoms with Gasteiger partial charge in [0.15, 0.2) is 0 Å². The van der Waals surface area contributed by atoms with Gasteiger partial charge in [0.1, 0.15) is 11.9 Å². The number of imidazole rings is 1. The van der Waals surface area contributed by atoms with Crippen LogP contribution in [0.1, 0.15) is 28.2 Å². The largest absolute Gasteiger partial charge is 0.337 e. The number of para-hydroxylation sites is 2. The van der Waals surface area contributed by atoms with E-state index >= 15 is 0 Å². The fourth-order valence-electron chi connectivity index (χ4n) is 3.15. The van der Waals surface area contributed by atoms with Crippen molar-refractivity contribution in [1.29, 1.82) is 5.26 Å². The van der Waals surface area contributed by atoms with Gasteiger partial charge in [-0.25, -0.2) is 9.67 Å². The number of benzene rings is 2. The SMILES string of the molecule is Cc1ccc(-n2[nH]c(C)c(/C=C(\C#N)c3nc4ccccc4[nH]3)c2=O)cc1C. The molecule has 2 N–H and O–H groups in total. The minimum atomic E-state index is -0.204. The van der Waals surface area contributed by atoms with E-state index in [1.54, 1.807) is 6.08 Å². The lowest BCUT2D eigenvalue weighted by molar-refractivity contribution is 0.833. The van der Waals surface area contributed by atoms with Gasteiger partial charge in [0.25, 0.3) is 5.56 Å². The Morgan fingerprint density at radius 2 is 1.93 bits per heavy atom. The topological polar surface area (TPSA) is 90.3 Å². The van der Waals surface area contributed by atoms with Crippen LogP contribution in [0.4, 0.5) is 0 Å². The van der Waals surface area contributed by atoms with Crippen LogP contribution >= 0.6 is 0 Å². The van der Waals surface area contributed by atoms with Crippen molar-refractivity contribution >= 4 is 22.7 Å². The lowest BCUT2D eigenvalue weighted by atomic mass is 10.1. The van der Waals surface area contributed by atoms with Gasteiger partial charge in [-0.2, -0.15) is 5.26 Å². The molecule has 0 fully saturated rings. The van der Waals surface area contributed by atoms with Crippen LogP contribution in [0.25, 0.3) is 28.4 Å². The lowest BCUT2D eigenvalue weighted by Crippen LogP contribution is -2.16. The number of H-pyrrole nitrogens is 2. The molecule has 6 nitrogen and oxygen atoms in total. The maximum absolute atomic E-state index is 13.0. The third kappa shape index (κ3) is 2.93. The summed E-state index contributed by atoms with van der Waals surface area (Å²) < 4.78 is 1.50. The van der Waals surface area contributed by atoms with Crippen molar-refractivity contribution in [2.75, 3.05) is 0 Å². The normalized spacial score (nSPS) is 11.7. The lowest BCUT2D eigenvalue weighted by Gasteiger charge is -2.05. The molecule has 138 valence electrons. The van der Waals surface area contributed by atoms with Gasteiger partial charge in [0.05, 0.1) is 27.9 Å². The van der Waals surface area contributed by atoms with Crippen molar-refractivity contribution in [1.82, 2.24) is 19.7 Å². The highest BCUT2D eigenvalue weighted by Crippen LogP contribution is 2.20. The smallest absolute Gasteiger partial charge is 0.278 e. The molecule has 0 bridgehead atoms. The molecule has 0 radical (unpaired) electrons. The van der Waals surface area contributed by atoms with E-state index in [0.717, 1.165) is 27.8 Å². The van der Waals surface area contributed by atoms with E-state index in [2.05, 4.69) is 21.1 Å². The first-order valence-corrected chi connectivity index (χ1v) is 8.94. The molecule has 0 saturated heterocycles. The molecule has 6 heteroatoms.